The maximum Gasteiger partial charge on any atom is 0.148 e. The molecular weight excluding hydrogens is 324 g/mol. The van der Waals surface area contributed by atoms with Gasteiger partial charge in [0.05, 0.1) is 12.8 Å². The summed E-state index contributed by atoms with van der Waals surface area (Å²) >= 11 is 0. The Morgan fingerprint density at radius 3 is 2.54 bits per heavy atom. The van der Waals surface area contributed by atoms with Crippen molar-refractivity contribution >= 4 is 16.7 Å². The van der Waals surface area contributed by atoms with Gasteiger partial charge in [-0.3, -0.25) is 0 Å². The van der Waals surface area contributed by atoms with Crippen LogP contribution >= 0.6 is 0 Å². The molecule has 0 aliphatic rings. The van der Waals surface area contributed by atoms with E-state index in [4.69, 9.17) is 4.74 Å². The molecule has 0 radical (unpaired) electrons. The average molecular weight is 344 g/mol. The molecule has 4 rings (SSSR count). The van der Waals surface area contributed by atoms with Gasteiger partial charge in [-0.1, -0.05) is 18.2 Å². The molecule has 0 bridgehead atoms. The molecular formula is C21H20N4O. The highest BCUT2D eigenvalue weighted by molar-refractivity contribution is 5.79. The van der Waals surface area contributed by atoms with Crippen LogP contribution in [0.15, 0.2) is 72.9 Å². The summed E-state index contributed by atoms with van der Waals surface area (Å²) in [5.41, 5.74) is 3.11. The fraction of sp³-hybridized carbons (Fsp3) is 0.143. The molecule has 2 heterocycles. The summed E-state index contributed by atoms with van der Waals surface area (Å²) in [5.74, 6) is 1.61. The molecule has 0 atom stereocenters. The Balaban J connectivity index is 1.38. The molecule has 0 saturated heterocycles. The van der Waals surface area contributed by atoms with Gasteiger partial charge in [-0.05, 0) is 53.9 Å². The highest BCUT2D eigenvalue weighted by atomic mass is 16.5. The van der Waals surface area contributed by atoms with E-state index in [0.717, 1.165) is 35.9 Å². The third-order valence-electron chi connectivity index (χ3n) is 4.39. The summed E-state index contributed by atoms with van der Waals surface area (Å²) < 4.78 is 7.42. The van der Waals surface area contributed by atoms with Crippen molar-refractivity contribution in [1.82, 2.24) is 14.8 Å². The van der Waals surface area contributed by atoms with Crippen LogP contribution in [0.25, 0.3) is 22.2 Å². The molecule has 26 heavy (non-hydrogen) atoms. The van der Waals surface area contributed by atoms with Crippen LogP contribution in [0.1, 0.15) is 0 Å². The first-order valence-corrected chi connectivity index (χ1v) is 8.59. The summed E-state index contributed by atoms with van der Waals surface area (Å²) in [6.07, 6.45) is 2.12. The molecule has 0 aliphatic carbocycles. The summed E-state index contributed by atoms with van der Waals surface area (Å²) in [5, 5.41) is 13.2. The topological polar surface area (TPSA) is 52.0 Å². The zero-order valence-electron chi connectivity index (χ0n) is 14.6. The van der Waals surface area contributed by atoms with E-state index in [1.807, 2.05) is 36.4 Å². The monoisotopic (exact) mass is 344 g/mol. The van der Waals surface area contributed by atoms with Gasteiger partial charge < -0.3 is 14.6 Å². The summed E-state index contributed by atoms with van der Waals surface area (Å²) in [4.78, 5) is 0. The Bertz CT molecular complexity index is 991. The molecule has 0 spiro atoms. The van der Waals surface area contributed by atoms with Crippen LogP contribution in [0.2, 0.25) is 0 Å². The number of para-hydroxylation sites is 1. The van der Waals surface area contributed by atoms with E-state index in [2.05, 4.69) is 56.6 Å². The van der Waals surface area contributed by atoms with Gasteiger partial charge in [0.25, 0.3) is 0 Å². The molecule has 1 N–H and O–H groups in total. The summed E-state index contributed by atoms with van der Waals surface area (Å²) in [7, 11) is 1.66. The van der Waals surface area contributed by atoms with Crippen molar-refractivity contribution in [2.75, 3.05) is 19.0 Å². The Hall–Kier alpha value is -3.34. The Labute approximate surface area is 152 Å². The van der Waals surface area contributed by atoms with Crippen molar-refractivity contribution in [1.29, 1.82) is 0 Å². The number of ether oxygens (including phenoxy) is 1. The number of nitrogens with one attached hydrogen (secondary N) is 1. The number of rotatable bonds is 6. The second kappa shape index (κ2) is 7.27. The fourth-order valence-electron chi connectivity index (χ4n) is 2.98. The lowest BCUT2D eigenvalue weighted by Gasteiger charge is -2.08. The van der Waals surface area contributed by atoms with Gasteiger partial charge in [-0.15, -0.1) is 10.2 Å². The van der Waals surface area contributed by atoms with Gasteiger partial charge in [0.15, 0.2) is 0 Å². The van der Waals surface area contributed by atoms with E-state index in [1.54, 1.807) is 7.11 Å². The van der Waals surface area contributed by atoms with Gasteiger partial charge in [0.2, 0.25) is 0 Å². The molecule has 0 fully saturated rings. The molecule has 0 amide bonds. The lowest BCUT2D eigenvalue weighted by atomic mass is 10.1. The van der Waals surface area contributed by atoms with Crippen molar-refractivity contribution in [2.45, 2.75) is 6.54 Å². The van der Waals surface area contributed by atoms with Crippen molar-refractivity contribution < 1.29 is 4.74 Å². The minimum Gasteiger partial charge on any atom is -0.497 e. The predicted octanol–water partition coefficient (Wildman–Crippen LogP) is 4.22. The standard InChI is InChI=1S/C21H20N4O/c1-26-18-8-6-16(7-9-18)19-10-11-21(24-23-19)22-13-15-25-14-12-17-4-2-3-5-20(17)25/h2-12,14H,13,15H2,1H3,(H,22,24). The molecule has 0 saturated carbocycles. The SMILES string of the molecule is COc1ccc(-c2ccc(NCCn3ccc4ccccc43)nn2)cc1. The molecule has 130 valence electrons. The van der Waals surface area contributed by atoms with Gasteiger partial charge in [-0.2, -0.15) is 0 Å². The van der Waals surface area contributed by atoms with Crippen molar-refractivity contribution in [2.24, 2.45) is 0 Å². The van der Waals surface area contributed by atoms with E-state index < -0.39 is 0 Å². The van der Waals surface area contributed by atoms with Crippen LogP contribution in [0, 0.1) is 0 Å². The summed E-state index contributed by atoms with van der Waals surface area (Å²) in [6.45, 7) is 1.66. The third-order valence-corrected chi connectivity index (χ3v) is 4.39. The van der Waals surface area contributed by atoms with Crippen LogP contribution in [0.3, 0.4) is 0 Å². The maximum atomic E-state index is 5.18. The van der Waals surface area contributed by atoms with Crippen LogP contribution in [-0.4, -0.2) is 28.4 Å². The molecule has 2 aromatic carbocycles. The van der Waals surface area contributed by atoms with Crippen molar-refractivity contribution in [3.05, 3.63) is 72.9 Å². The van der Waals surface area contributed by atoms with Crippen LogP contribution < -0.4 is 10.1 Å². The van der Waals surface area contributed by atoms with Gasteiger partial charge in [0.1, 0.15) is 11.6 Å². The summed E-state index contributed by atoms with van der Waals surface area (Å²) in [6, 6.07) is 22.3. The molecule has 5 heteroatoms. The van der Waals surface area contributed by atoms with E-state index >= 15 is 0 Å². The Kier molecular flexibility index (Phi) is 4.51. The molecule has 0 aliphatic heterocycles. The zero-order chi connectivity index (χ0) is 17.8. The number of methoxy groups -OCH3 is 1. The van der Waals surface area contributed by atoms with Gasteiger partial charge >= 0.3 is 0 Å². The van der Waals surface area contributed by atoms with Gasteiger partial charge in [-0.25, -0.2) is 0 Å². The number of nitrogens with zero attached hydrogens (tertiary/aromatic N) is 3. The largest absolute Gasteiger partial charge is 0.497 e. The second-order valence-electron chi connectivity index (χ2n) is 6.03. The lowest BCUT2D eigenvalue weighted by Crippen LogP contribution is -2.11. The molecule has 2 aromatic heterocycles. The highest BCUT2D eigenvalue weighted by Gasteiger charge is 2.03. The first kappa shape index (κ1) is 16.1. The Morgan fingerprint density at radius 2 is 1.77 bits per heavy atom. The fourth-order valence-corrected chi connectivity index (χ4v) is 2.98. The van der Waals surface area contributed by atoms with Gasteiger partial charge in [0, 0.05) is 30.4 Å². The number of aromatic nitrogens is 3. The van der Waals surface area contributed by atoms with Crippen molar-refractivity contribution in [3.63, 3.8) is 0 Å². The lowest BCUT2D eigenvalue weighted by molar-refractivity contribution is 0.415. The number of hydrogen-bond acceptors (Lipinski definition) is 4. The van der Waals surface area contributed by atoms with E-state index in [0.29, 0.717) is 0 Å². The van der Waals surface area contributed by atoms with Crippen LogP contribution in [-0.2, 0) is 6.54 Å². The average Bonchev–Trinajstić information content (AvgIpc) is 3.12. The zero-order valence-corrected chi connectivity index (χ0v) is 14.6. The quantitative estimate of drug-likeness (QED) is 0.569. The molecule has 5 nitrogen and oxygen atoms in total. The normalized spacial score (nSPS) is 10.8. The minimum atomic E-state index is 0.777. The predicted molar refractivity (Wildman–Crippen MR) is 104 cm³/mol. The number of benzene rings is 2. The molecule has 0 unspecified atom stereocenters. The second-order valence-corrected chi connectivity index (χ2v) is 6.03. The number of anilines is 1. The number of hydrogen-bond donors (Lipinski definition) is 1. The van der Waals surface area contributed by atoms with Crippen LogP contribution in [0.5, 0.6) is 5.75 Å². The molecule has 4 aromatic rings. The highest BCUT2D eigenvalue weighted by Crippen LogP contribution is 2.20. The van der Waals surface area contributed by atoms with E-state index in [-0.39, 0.29) is 0 Å². The van der Waals surface area contributed by atoms with Crippen molar-refractivity contribution in [3.8, 4) is 17.0 Å². The maximum absolute atomic E-state index is 5.18. The van der Waals surface area contributed by atoms with E-state index in [9.17, 15) is 0 Å². The first-order valence-electron chi connectivity index (χ1n) is 8.59. The smallest absolute Gasteiger partial charge is 0.148 e. The Morgan fingerprint density at radius 1 is 0.923 bits per heavy atom. The first-order chi connectivity index (χ1) is 12.8. The minimum absolute atomic E-state index is 0.777. The van der Waals surface area contributed by atoms with E-state index in [1.165, 1.54) is 10.9 Å². The third kappa shape index (κ3) is 3.37. The number of fused-ring (bicyclic) bond motifs is 1. The van der Waals surface area contributed by atoms with Crippen LogP contribution in [0.4, 0.5) is 5.82 Å².